The lowest BCUT2D eigenvalue weighted by Gasteiger charge is -2.25. The average Bonchev–Trinajstić information content (AvgIpc) is 2.93. The molecule has 0 N–H and O–H groups in total. The second-order valence-corrected chi connectivity index (χ2v) is 6.49. The molecular formula is C20H27NO4. The first-order chi connectivity index (χ1) is 12.1. The SMILES string of the molecule is CCCCCCOc1cccc2c1CN(C(CCC=O)C(C)=O)C2=O. The Morgan fingerprint density at radius 1 is 1.32 bits per heavy atom. The summed E-state index contributed by atoms with van der Waals surface area (Å²) in [6.45, 7) is 4.63. The van der Waals surface area contributed by atoms with E-state index in [4.69, 9.17) is 4.74 Å². The largest absolute Gasteiger partial charge is 0.493 e. The third-order valence-electron chi connectivity index (χ3n) is 4.61. The number of amides is 1. The van der Waals surface area contributed by atoms with E-state index in [1.165, 1.54) is 19.8 Å². The molecule has 0 aromatic heterocycles. The first-order valence-electron chi connectivity index (χ1n) is 9.09. The van der Waals surface area contributed by atoms with Crippen LogP contribution in [-0.2, 0) is 16.1 Å². The first-order valence-corrected chi connectivity index (χ1v) is 9.09. The monoisotopic (exact) mass is 345 g/mol. The molecule has 1 aromatic carbocycles. The molecular weight excluding hydrogens is 318 g/mol. The zero-order valence-corrected chi connectivity index (χ0v) is 15.1. The Hall–Kier alpha value is -2.17. The number of Topliss-reactive ketones (excluding diaryl/α,β-unsaturated/α-hetero) is 1. The van der Waals surface area contributed by atoms with Gasteiger partial charge in [0.2, 0.25) is 0 Å². The number of hydrogen-bond donors (Lipinski definition) is 0. The normalized spacial score (nSPS) is 14.3. The summed E-state index contributed by atoms with van der Waals surface area (Å²) in [5, 5.41) is 0. The molecule has 1 heterocycles. The number of hydrogen-bond acceptors (Lipinski definition) is 4. The fourth-order valence-corrected chi connectivity index (χ4v) is 3.23. The molecule has 5 nitrogen and oxygen atoms in total. The van der Waals surface area contributed by atoms with Gasteiger partial charge in [-0.15, -0.1) is 0 Å². The number of aldehydes is 1. The maximum Gasteiger partial charge on any atom is 0.255 e. The predicted octanol–water partition coefficient (Wildman–Crippen LogP) is 3.54. The van der Waals surface area contributed by atoms with E-state index in [2.05, 4.69) is 6.92 Å². The number of nitrogens with zero attached hydrogens (tertiary/aromatic N) is 1. The fourth-order valence-electron chi connectivity index (χ4n) is 3.23. The summed E-state index contributed by atoms with van der Waals surface area (Å²) in [7, 11) is 0. The Labute approximate surface area is 149 Å². The number of carbonyl (C=O) groups excluding carboxylic acids is 3. The minimum Gasteiger partial charge on any atom is -0.493 e. The Morgan fingerprint density at radius 2 is 2.12 bits per heavy atom. The third-order valence-corrected chi connectivity index (χ3v) is 4.61. The van der Waals surface area contributed by atoms with Gasteiger partial charge in [0.1, 0.15) is 12.0 Å². The van der Waals surface area contributed by atoms with Crippen molar-refractivity contribution in [1.29, 1.82) is 0 Å². The second-order valence-electron chi connectivity index (χ2n) is 6.49. The van der Waals surface area contributed by atoms with Crippen LogP contribution >= 0.6 is 0 Å². The smallest absolute Gasteiger partial charge is 0.255 e. The van der Waals surface area contributed by atoms with Crippen LogP contribution in [0.3, 0.4) is 0 Å². The van der Waals surface area contributed by atoms with Crippen LogP contribution in [0, 0.1) is 0 Å². The molecule has 0 saturated heterocycles. The molecule has 1 amide bonds. The topological polar surface area (TPSA) is 63.7 Å². The molecule has 1 aliphatic rings. The van der Waals surface area contributed by atoms with Crippen LogP contribution in [0.15, 0.2) is 18.2 Å². The Kier molecular flexibility index (Phi) is 7.16. The number of carbonyl (C=O) groups is 3. The molecule has 136 valence electrons. The van der Waals surface area contributed by atoms with E-state index in [1.54, 1.807) is 11.0 Å². The molecule has 0 saturated carbocycles. The van der Waals surface area contributed by atoms with Gasteiger partial charge in [0.15, 0.2) is 5.78 Å². The van der Waals surface area contributed by atoms with Gasteiger partial charge in [-0.3, -0.25) is 9.59 Å². The minimum absolute atomic E-state index is 0.0926. The summed E-state index contributed by atoms with van der Waals surface area (Å²) in [4.78, 5) is 36.9. The highest BCUT2D eigenvalue weighted by atomic mass is 16.5. The van der Waals surface area contributed by atoms with Crippen molar-refractivity contribution in [2.24, 2.45) is 0 Å². The van der Waals surface area contributed by atoms with Gasteiger partial charge in [0.25, 0.3) is 5.91 Å². The second kappa shape index (κ2) is 9.35. The molecule has 0 fully saturated rings. The van der Waals surface area contributed by atoms with Crippen LogP contribution in [0.1, 0.15) is 68.3 Å². The highest BCUT2D eigenvalue weighted by molar-refractivity contribution is 6.01. The number of benzene rings is 1. The standard InChI is InChI=1S/C20H27NO4/c1-3-4-5-6-13-25-19-11-7-9-16-17(19)14-21(20(16)24)18(15(2)23)10-8-12-22/h7,9,11-12,18H,3-6,8,10,13-14H2,1-2H3. The van der Waals surface area contributed by atoms with E-state index in [0.717, 1.165) is 30.4 Å². The van der Waals surface area contributed by atoms with E-state index < -0.39 is 6.04 Å². The van der Waals surface area contributed by atoms with Crippen molar-refractivity contribution in [1.82, 2.24) is 4.90 Å². The zero-order chi connectivity index (χ0) is 18.2. The van der Waals surface area contributed by atoms with Crippen LogP contribution in [0.4, 0.5) is 0 Å². The van der Waals surface area contributed by atoms with Crippen molar-refractivity contribution in [3.8, 4) is 5.75 Å². The van der Waals surface area contributed by atoms with Crippen LogP contribution in [0.5, 0.6) is 5.75 Å². The molecule has 1 aromatic rings. The minimum atomic E-state index is -0.553. The maximum atomic E-state index is 12.7. The van der Waals surface area contributed by atoms with Gasteiger partial charge in [-0.1, -0.05) is 32.3 Å². The van der Waals surface area contributed by atoms with Crippen molar-refractivity contribution in [3.05, 3.63) is 29.3 Å². The maximum absolute atomic E-state index is 12.7. The van der Waals surface area contributed by atoms with Gasteiger partial charge in [-0.25, -0.2) is 0 Å². The summed E-state index contributed by atoms with van der Waals surface area (Å²) in [5.74, 6) is 0.477. The summed E-state index contributed by atoms with van der Waals surface area (Å²) in [6.07, 6.45) is 5.92. The Bertz CT molecular complexity index is 626. The molecule has 5 heteroatoms. The number of ketones is 1. The summed E-state index contributed by atoms with van der Waals surface area (Å²) in [5.41, 5.74) is 1.45. The third kappa shape index (κ3) is 4.68. The van der Waals surface area contributed by atoms with E-state index in [0.29, 0.717) is 25.1 Å². The Morgan fingerprint density at radius 3 is 2.80 bits per heavy atom. The van der Waals surface area contributed by atoms with Crippen molar-refractivity contribution < 1.29 is 19.1 Å². The molecule has 2 rings (SSSR count). The summed E-state index contributed by atoms with van der Waals surface area (Å²) < 4.78 is 5.89. The average molecular weight is 345 g/mol. The lowest BCUT2D eigenvalue weighted by molar-refractivity contribution is -0.121. The number of fused-ring (bicyclic) bond motifs is 1. The first kappa shape index (κ1) is 19.2. The predicted molar refractivity (Wildman–Crippen MR) is 95.7 cm³/mol. The van der Waals surface area contributed by atoms with Crippen LogP contribution in [0.2, 0.25) is 0 Å². The van der Waals surface area contributed by atoms with Crippen molar-refractivity contribution in [2.75, 3.05) is 6.61 Å². The van der Waals surface area contributed by atoms with Gasteiger partial charge >= 0.3 is 0 Å². The summed E-state index contributed by atoms with van der Waals surface area (Å²) in [6, 6.07) is 4.92. The molecule has 1 aliphatic heterocycles. The quantitative estimate of drug-likeness (QED) is 0.454. The fraction of sp³-hybridized carbons (Fsp3) is 0.550. The van der Waals surface area contributed by atoms with Crippen molar-refractivity contribution in [2.45, 2.75) is 65.0 Å². The van der Waals surface area contributed by atoms with Gasteiger partial charge in [-0.05, 0) is 31.9 Å². The number of ether oxygens (including phenoxy) is 1. The van der Waals surface area contributed by atoms with Crippen molar-refractivity contribution >= 4 is 18.0 Å². The van der Waals surface area contributed by atoms with Crippen LogP contribution < -0.4 is 4.74 Å². The molecule has 25 heavy (non-hydrogen) atoms. The van der Waals surface area contributed by atoms with E-state index in [1.807, 2.05) is 12.1 Å². The van der Waals surface area contributed by atoms with Crippen LogP contribution in [0.25, 0.3) is 0 Å². The summed E-state index contributed by atoms with van der Waals surface area (Å²) >= 11 is 0. The van der Waals surface area contributed by atoms with Gasteiger partial charge in [0, 0.05) is 17.5 Å². The van der Waals surface area contributed by atoms with E-state index >= 15 is 0 Å². The Balaban J connectivity index is 2.10. The lowest BCUT2D eigenvalue weighted by atomic mass is 10.1. The molecule has 0 bridgehead atoms. The lowest BCUT2D eigenvalue weighted by Crippen LogP contribution is -2.40. The van der Waals surface area contributed by atoms with Crippen LogP contribution in [-0.4, -0.2) is 35.5 Å². The highest BCUT2D eigenvalue weighted by Crippen LogP contribution is 2.33. The molecule has 0 spiro atoms. The highest BCUT2D eigenvalue weighted by Gasteiger charge is 2.36. The van der Waals surface area contributed by atoms with Gasteiger partial charge < -0.3 is 14.4 Å². The molecule has 0 aliphatic carbocycles. The van der Waals surface area contributed by atoms with Crippen molar-refractivity contribution in [3.63, 3.8) is 0 Å². The molecule has 1 atom stereocenters. The molecule has 1 unspecified atom stereocenters. The number of unbranched alkanes of at least 4 members (excludes halogenated alkanes) is 3. The van der Waals surface area contributed by atoms with Gasteiger partial charge in [-0.2, -0.15) is 0 Å². The van der Waals surface area contributed by atoms with Gasteiger partial charge in [0.05, 0.1) is 19.2 Å². The number of rotatable bonds is 11. The van der Waals surface area contributed by atoms with E-state index in [-0.39, 0.29) is 18.1 Å². The van der Waals surface area contributed by atoms with E-state index in [9.17, 15) is 14.4 Å². The zero-order valence-electron chi connectivity index (χ0n) is 15.1. The molecule has 0 radical (unpaired) electrons.